The Balaban J connectivity index is 1.55. The molecule has 0 saturated heterocycles. The Morgan fingerprint density at radius 1 is 1.14 bits per heavy atom. The van der Waals surface area contributed by atoms with Gasteiger partial charge in [0.25, 0.3) is 5.91 Å². The molecular weight excluding hydrogens is 362 g/mol. The predicted octanol–water partition coefficient (Wildman–Crippen LogP) is 4.82. The zero-order chi connectivity index (χ0) is 20.4. The summed E-state index contributed by atoms with van der Waals surface area (Å²) in [5, 5.41) is 5.39. The van der Waals surface area contributed by atoms with Gasteiger partial charge in [0.15, 0.2) is 0 Å². The number of para-hydroxylation sites is 1. The van der Waals surface area contributed by atoms with Gasteiger partial charge >= 0.3 is 0 Å². The first kappa shape index (κ1) is 19.1. The largest absolute Gasteiger partial charge is 0.494 e. The normalized spacial score (nSPS) is 11.3. The van der Waals surface area contributed by atoms with Crippen LogP contribution in [0.1, 0.15) is 35.5 Å². The Labute approximate surface area is 170 Å². The fourth-order valence-corrected chi connectivity index (χ4v) is 4.11. The van der Waals surface area contributed by atoms with Crippen LogP contribution < -0.4 is 10.1 Å². The molecule has 0 fully saturated rings. The molecule has 29 heavy (non-hydrogen) atoms. The average Bonchev–Trinajstić information content (AvgIpc) is 3.27. The lowest BCUT2D eigenvalue weighted by molar-refractivity contribution is 0.0945. The molecule has 0 aliphatic heterocycles. The first-order valence-electron chi connectivity index (χ1n) is 10.2. The summed E-state index contributed by atoms with van der Waals surface area (Å²) in [7, 11) is 0. The molecule has 5 heteroatoms. The summed E-state index contributed by atoms with van der Waals surface area (Å²) in [5.41, 5.74) is 5.13. The van der Waals surface area contributed by atoms with E-state index in [1.165, 1.54) is 10.9 Å². The van der Waals surface area contributed by atoms with Crippen molar-refractivity contribution in [1.82, 2.24) is 14.9 Å². The van der Waals surface area contributed by atoms with Crippen molar-refractivity contribution in [1.29, 1.82) is 0 Å². The third-order valence-electron chi connectivity index (χ3n) is 5.49. The highest BCUT2D eigenvalue weighted by Gasteiger charge is 2.20. The molecule has 2 aromatic carbocycles. The second-order valence-corrected chi connectivity index (χ2v) is 7.20. The molecule has 2 heterocycles. The molecule has 0 aliphatic carbocycles. The van der Waals surface area contributed by atoms with Crippen LogP contribution in [-0.4, -0.2) is 28.6 Å². The maximum absolute atomic E-state index is 13.0. The quantitative estimate of drug-likeness (QED) is 0.476. The Morgan fingerprint density at radius 3 is 2.76 bits per heavy atom. The molecule has 0 spiro atoms. The van der Waals surface area contributed by atoms with Gasteiger partial charge in [0.05, 0.1) is 6.61 Å². The topological polar surface area (TPSA) is 59.0 Å². The number of benzene rings is 2. The molecule has 2 N–H and O–H groups in total. The van der Waals surface area contributed by atoms with Crippen molar-refractivity contribution in [3.8, 4) is 5.75 Å². The number of amides is 1. The van der Waals surface area contributed by atoms with E-state index in [1.807, 2.05) is 50.4 Å². The van der Waals surface area contributed by atoms with Gasteiger partial charge in [0.2, 0.25) is 0 Å². The molecule has 0 bridgehead atoms. The molecule has 150 valence electrons. The minimum absolute atomic E-state index is 0.0293. The van der Waals surface area contributed by atoms with E-state index in [1.54, 1.807) is 0 Å². The van der Waals surface area contributed by atoms with Gasteiger partial charge in [-0.1, -0.05) is 18.2 Å². The van der Waals surface area contributed by atoms with Gasteiger partial charge in [-0.05, 0) is 62.6 Å². The van der Waals surface area contributed by atoms with Crippen LogP contribution in [0.2, 0.25) is 0 Å². The molecule has 1 amide bonds. The fourth-order valence-electron chi connectivity index (χ4n) is 4.11. The number of hydrogen-bond acceptors (Lipinski definition) is 2. The van der Waals surface area contributed by atoms with E-state index < -0.39 is 0 Å². The molecule has 5 nitrogen and oxygen atoms in total. The monoisotopic (exact) mass is 389 g/mol. The van der Waals surface area contributed by atoms with Crippen LogP contribution >= 0.6 is 0 Å². The summed E-state index contributed by atoms with van der Waals surface area (Å²) in [6, 6.07) is 14.3. The molecule has 0 unspecified atom stereocenters. The Kier molecular flexibility index (Phi) is 5.30. The van der Waals surface area contributed by atoms with Crippen molar-refractivity contribution in [2.24, 2.45) is 0 Å². The number of hydrogen-bond donors (Lipinski definition) is 2. The number of aromatic nitrogens is 2. The molecule has 2 aromatic heterocycles. The lowest BCUT2D eigenvalue weighted by atomic mass is 10.1. The highest BCUT2D eigenvalue weighted by Crippen LogP contribution is 2.29. The predicted molar refractivity (Wildman–Crippen MR) is 118 cm³/mol. The number of carbonyl (C=O) groups is 1. The number of nitrogens with zero attached hydrogens (tertiary/aromatic N) is 1. The van der Waals surface area contributed by atoms with Crippen molar-refractivity contribution in [3.05, 3.63) is 65.5 Å². The van der Waals surface area contributed by atoms with Gasteiger partial charge in [-0.25, -0.2) is 0 Å². The van der Waals surface area contributed by atoms with Crippen LogP contribution in [0, 0.1) is 6.92 Å². The van der Waals surface area contributed by atoms with E-state index in [0.717, 1.165) is 46.4 Å². The minimum Gasteiger partial charge on any atom is -0.494 e. The van der Waals surface area contributed by atoms with Crippen LogP contribution in [0.3, 0.4) is 0 Å². The first-order valence-corrected chi connectivity index (χ1v) is 10.2. The second-order valence-electron chi connectivity index (χ2n) is 7.20. The van der Waals surface area contributed by atoms with Gasteiger partial charge in [-0.15, -0.1) is 0 Å². The summed E-state index contributed by atoms with van der Waals surface area (Å²) in [5.74, 6) is 0.806. The third-order valence-corrected chi connectivity index (χ3v) is 5.49. The van der Waals surface area contributed by atoms with E-state index in [0.29, 0.717) is 13.2 Å². The van der Waals surface area contributed by atoms with Gasteiger partial charge in [0.1, 0.15) is 11.4 Å². The number of carbonyl (C=O) groups excluding carboxylic acids is 1. The van der Waals surface area contributed by atoms with Gasteiger partial charge < -0.3 is 19.6 Å². The van der Waals surface area contributed by atoms with Crippen LogP contribution in [0.5, 0.6) is 5.75 Å². The van der Waals surface area contributed by atoms with Gasteiger partial charge in [-0.3, -0.25) is 4.79 Å². The van der Waals surface area contributed by atoms with Crippen LogP contribution in [0.15, 0.2) is 48.7 Å². The third kappa shape index (κ3) is 3.48. The number of aryl methyl sites for hydroxylation is 2. The lowest BCUT2D eigenvalue weighted by Crippen LogP contribution is -2.28. The second kappa shape index (κ2) is 8.03. The van der Waals surface area contributed by atoms with E-state index in [9.17, 15) is 4.79 Å². The van der Waals surface area contributed by atoms with Gasteiger partial charge in [-0.2, -0.15) is 0 Å². The van der Waals surface area contributed by atoms with Crippen molar-refractivity contribution in [3.63, 3.8) is 0 Å². The molecule has 0 radical (unpaired) electrons. The highest BCUT2D eigenvalue weighted by atomic mass is 16.5. The molecular formula is C24H27N3O2. The van der Waals surface area contributed by atoms with E-state index in [-0.39, 0.29) is 5.91 Å². The summed E-state index contributed by atoms with van der Waals surface area (Å²) >= 11 is 0. The van der Waals surface area contributed by atoms with Crippen molar-refractivity contribution < 1.29 is 9.53 Å². The molecule has 0 aliphatic rings. The van der Waals surface area contributed by atoms with Crippen molar-refractivity contribution >= 4 is 27.7 Å². The van der Waals surface area contributed by atoms with Crippen LogP contribution in [-0.2, 0) is 13.0 Å². The van der Waals surface area contributed by atoms with E-state index >= 15 is 0 Å². The van der Waals surface area contributed by atoms with E-state index in [2.05, 4.69) is 33.9 Å². The Hall–Kier alpha value is -3.21. The summed E-state index contributed by atoms with van der Waals surface area (Å²) in [6.07, 6.45) is 2.82. The summed E-state index contributed by atoms with van der Waals surface area (Å²) < 4.78 is 7.73. The standard InChI is InChI=1S/C24H27N3O2/c1-4-27-22-11-10-18(29-5-2)14-20(22)16(3)23(27)24(28)25-13-12-17-15-26-21-9-7-6-8-19(17)21/h6-11,14-15,26H,4-5,12-13H2,1-3H3,(H,25,28). The number of nitrogens with one attached hydrogen (secondary N) is 2. The van der Waals surface area contributed by atoms with Crippen LogP contribution in [0.4, 0.5) is 0 Å². The van der Waals surface area contributed by atoms with Gasteiger partial charge in [0, 0.05) is 41.1 Å². The maximum Gasteiger partial charge on any atom is 0.268 e. The lowest BCUT2D eigenvalue weighted by Gasteiger charge is -2.10. The average molecular weight is 389 g/mol. The highest BCUT2D eigenvalue weighted by molar-refractivity contribution is 6.02. The van der Waals surface area contributed by atoms with Crippen molar-refractivity contribution in [2.45, 2.75) is 33.7 Å². The smallest absolute Gasteiger partial charge is 0.268 e. The number of H-pyrrole nitrogens is 1. The zero-order valence-corrected chi connectivity index (χ0v) is 17.2. The molecule has 0 saturated carbocycles. The summed E-state index contributed by atoms with van der Waals surface area (Å²) in [4.78, 5) is 16.3. The number of aromatic amines is 1. The Bertz CT molecular complexity index is 1170. The number of rotatable bonds is 7. The van der Waals surface area contributed by atoms with Crippen molar-refractivity contribution in [2.75, 3.05) is 13.2 Å². The zero-order valence-electron chi connectivity index (χ0n) is 17.2. The number of ether oxygens (including phenoxy) is 1. The minimum atomic E-state index is -0.0293. The summed E-state index contributed by atoms with van der Waals surface area (Å²) in [6.45, 7) is 8.01. The number of fused-ring (bicyclic) bond motifs is 2. The molecule has 4 aromatic rings. The van der Waals surface area contributed by atoms with E-state index in [4.69, 9.17) is 4.74 Å². The maximum atomic E-state index is 13.0. The van der Waals surface area contributed by atoms with Crippen LogP contribution in [0.25, 0.3) is 21.8 Å². The SMILES string of the molecule is CCOc1ccc2c(c1)c(C)c(C(=O)NCCc1c[nH]c3ccccc13)n2CC. The Morgan fingerprint density at radius 2 is 1.97 bits per heavy atom. The fraction of sp³-hybridized carbons (Fsp3) is 0.292. The molecule has 0 atom stereocenters. The molecule has 4 rings (SSSR count). The first-order chi connectivity index (χ1) is 14.1.